The molecule has 4 saturated carbocycles. The molecule has 3 nitrogen and oxygen atoms in total. The average Bonchev–Trinajstić information content (AvgIpc) is 2.80. The van der Waals surface area contributed by atoms with Gasteiger partial charge >= 0.3 is 0 Å². The lowest BCUT2D eigenvalue weighted by Crippen LogP contribution is -2.61. The summed E-state index contributed by atoms with van der Waals surface area (Å²) in [5.74, 6) is 2.20. The molecular formula is C20H34O3. The van der Waals surface area contributed by atoms with Crippen LogP contribution in [-0.2, 0) is 0 Å². The molecule has 4 fully saturated rings. The Morgan fingerprint density at radius 3 is 2.35 bits per heavy atom. The van der Waals surface area contributed by atoms with Crippen molar-refractivity contribution in [1.82, 2.24) is 0 Å². The largest absolute Gasteiger partial charge is 0.393 e. The molecule has 4 aliphatic carbocycles. The van der Waals surface area contributed by atoms with Gasteiger partial charge in [0.2, 0.25) is 0 Å². The molecule has 4 aliphatic rings. The van der Waals surface area contributed by atoms with E-state index in [1.54, 1.807) is 0 Å². The molecular weight excluding hydrogens is 288 g/mol. The second-order valence-corrected chi connectivity index (χ2v) is 9.82. The third-order valence-electron chi connectivity index (χ3n) is 9.22. The molecule has 0 heterocycles. The number of aliphatic hydroxyl groups excluding tert-OH is 3. The van der Waals surface area contributed by atoms with E-state index in [9.17, 15) is 15.3 Å². The van der Waals surface area contributed by atoms with Crippen LogP contribution in [0.4, 0.5) is 0 Å². The summed E-state index contributed by atoms with van der Waals surface area (Å²) in [6.07, 6.45) is 6.16. The fraction of sp³-hybridized carbons (Fsp3) is 1.00. The van der Waals surface area contributed by atoms with E-state index in [1.165, 1.54) is 6.42 Å². The van der Waals surface area contributed by atoms with Crippen molar-refractivity contribution in [3.05, 3.63) is 0 Å². The molecule has 10 atom stereocenters. The van der Waals surface area contributed by atoms with Crippen LogP contribution >= 0.6 is 0 Å². The summed E-state index contributed by atoms with van der Waals surface area (Å²) in [6, 6.07) is 0. The molecule has 132 valence electrons. The molecule has 2 unspecified atom stereocenters. The summed E-state index contributed by atoms with van der Waals surface area (Å²) in [4.78, 5) is 0. The van der Waals surface area contributed by atoms with Gasteiger partial charge in [0.1, 0.15) is 0 Å². The first kappa shape index (κ1) is 16.4. The minimum atomic E-state index is -0.245. The van der Waals surface area contributed by atoms with Crippen molar-refractivity contribution < 1.29 is 15.3 Å². The van der Waals surface area contributed by atoms with Gasteiger partial charge in [-0.25, -0.2) is 0 Å². The van der Waals surface area contributed by atoms with Gasteiger partial charge in [0.05, 0.1) is 18.3 Å². The number of fused-ring (bicyclic) bond motifs is 5. The van der Waals surface area contributed by atoms with Gasteiger partial charge in [-0.1, -0.05) is 20.8 Å². The van der Waals surface area contributed by atoms with Crippen LogP contribution in [-0.4, -0.2) is 33.6 Å². The van der Waals surface area contributed by atoms with Gasteiger partial charge < -0.3 is 15.3 Å². The maximum Gasteiger partial charge on any atom is 0.0602 e. The smallest absolute Gasteiger partial charge is 0.0602 e. The fourth-order valence-electron chi connectivity index (χ4n) is 7.48. The lowest BCUT2D eigenvalue weighted by atomic mass is 9.43. The minimum absolute atomic E-state index is 0.0144. The molecule has 4 rings (SSSR count). The van der Waals surface area contributed by atoms with E-state index in [4.69, 9.17) is 0 Å². The topological polar surface area (TPSA) is 60.7 Å². The number of hydrogen-bond donors (Lipinski definition) is 3. The Morgan fingerprint density at radius 2 is 1.61 bits per heavy atom. The van der Waals surface area contributed by atoms with Gasteiger partial charge in [-0.05, 0) is 85.4 Å². The predicted molar refractivity (Wildman–Crippen MR) is 89.7 cm³/mol. The van der Waals surface area contributed by atoms with Gasteiger partial charge in [-0.3, -0.25) is 0 Å². The Balaban J connectivity index is 1.71. The Bertz CT molecular complexity index is 480. The highest BCUT2D eigenvalue weighted by Gasteiger charge is 2.64. The van der Waals surface area contributed by atoms with Gasteiger partial charge in [0.15, 0.2) is 0 Å². The van der Waals surface area contributed by atoms with Gasteiger partial charge in [0.25, 0.3) is 0 Å². The van der Waals surface area contributed by atoms with Crippen molar-refractivity contribution in [1.29, 1.82) is 0 Å². The molecule has 0 radical (unpaired) electrons. The van der Waals surface area contributed by atoms with Gasteiger partial charge in [0, 0.05) is 0 Å². The standard InChI is InChI=1S/C20H34O3/c1-11-4-5-14-18-15(10-17(23)20(11,14)3)19(2)7-6-13(21)8-12(19)9-16(18)22/h11-18,21-23H,4-10H2,1-3H3/t11-,12-,13+,14-,15?,16+,17-,18?,19-,20+/m0/s1. The molecule has 3 N–H and O–H groups in total. The Labute approximate surface area is 140 Å². The first-order valence-electron chi connectivity index (χ1n) is 9.82. The van der Waals surface area contributed by atoms with Crippen molar-refractivity contribution in [2.45, 2.75) is 84.0 Å². The molecule has 0 spiro atoms. The molecule has 23 heavy (non-hydrogen) atoms. The van der Waals surface area contributed by atoms with E-state index in [-0.39, 0.29) is 29.1 Å². The Kier molecular flexibility index (Phi) is 3.69. The maximum absolute atomic E-state index is 11.1. The molecule has 0 aromatic carbocycles. The third kappa shape index (κ3) is 2.05. The number of aliphatic hydroxyl groups is 3. The van der Waals surface area contributed by atoms with E-state index in [0.29, 0.717) is 29.6 Å². The van der Waals surface area contributed by atoms with Crippen LogP contribution in [0.5, 0.6) is 0 Å². The zero-order valence-corrected chi connectivity index (χ0v) is 14.9. The van der Waals surface area contributed by atoms with Gasteiger partial charge in [-0.15, -0.1) is 0 Å². The Hall–Kier alpha value is -0.120. The summed E-state index contributed by atoms with van der Waals surface area (Å²) in [7, 11) is 0. The highest BCUT2D eigenvalue weighted by Crippen LogP contribution is 2.67. The summed E-state index contributed by atoms with van der Waals surface area (Å²) in [5, 5.41) is 32.2. The highest BCUT2D eigenvalue weighted by molar-refractivity contribution is 5.13. The van der Waals surface area contributed by atoms with Crippen LogP contribution in [0.25, 0.3) is 0 Å². The molecule has 0 aromatic heterocycles. The van der Waals surface area contributed by atoms with Crippen LogP contribution in [0.15, 0.2) is 0 Å². The summed E-state index contributed by atoms with van der Waals surface area (Å²) in [5.41, 5.74) is 0.177. The van der Waals surface area contributed by atoms with Gasteiger partial charge in [-0.2, -0.15) is 0 Å². The first-order chi connectivity index (χ1) is 10.8. The van der Waals surface area contributed by atoms with Crippen LogP contribution in [0.1, 0.15) is 65.7 Å². The lowest BCUT2D eigenvalue weighted by Gasteiger charge is -2.63. The van der Waals surface area contributed by atoms with E-state index in [1.807, 2.05) is 0 Å². The molecule has 0 saturated heterocycles. The van der Waals surface area contributed by atoms with Crippen LogP contribution < -0.4 is 0 Å². The molecule has 0 amide bonds. The number of rotatable bonds is 0. The third-order valence-corrected chi connectivity index (χ3v) is 9.22. The minimum Gasteiger partial charge on any atom is -0.393 e. The van der Waals surface area contributed by atoms with Crippen LogP contribution in [0.2, 0.25) is 0 Å². The monoisotopic (exact) mass is 322 g/mol. The van der Waals surface area contributed by atoms with Crippen LogP contribution in [0.3, 0.4) is 0 Å². The quantitative estimate of drug-likeness (QED) is 0.642. The summed E-state index contributed by atoms with van der Waals surface area (Å²) >= 11 is 0. The molecule has 0 bridgehead atoms. The van der Waals surface area contributed by atoms with E-state index in [2.05, 4.69) is 20.8 Å². The van der Waals surface area contributed by atoms with E-state index < -0.39 is 0 Å². The second kappa shape index (κ2) is 5.19. The molecule has 0 aliphatic heterocycles. The van der Waals surface area contributed by atoms with Crippen molar-refractivity contribution >= 4 is 0 Å². The SMILES string of the molecule is C[C@H]1CC[C@H]2C3C(C[C@H](O)[C@]12C)[C@@]1(C)CC[C@@H](O)C[C@H]1C[C@H]3O. The zero-order valence-electron chi connectivity index (χ0n) is 14.9. The van der Waals surface area contributed by atoms with Crippen molar-refractivity contribution in [2.75, 3.05) is 0 Å². The van der Waals surface area contributed by atoms with Crippen molar-refractivity contribution in [2.24, 2.45) is 40.4 Å². The second-order valence-electron chi connectivity index (χ2n) is 9.82. The molecule has 3 heteroatoms. The maximum atomic E-state index is 11.1. The first-order valence-corrected chi connectivity index (χ1v) is 9.82. The average molecular weight is 322 g/mol. The lowest BCUT2D eigenvalue weighted by molar-refractivity contribution is -0.203. The Morgan fingerprint density at radius 1 is 0.870 bits per heavy atom. The van der Waals surface area contributed by atoms with Crippen LogP contribution in [0, 0.1) is 40.4 Å². The number of hydrogen-bond acceptors (Lipinski definition) is 3. The zero-order chi connectivity index (χ0) is 16.6. The molecule has 0 aromatic rings. The van der Waals surface area contributed by atoms with E-state index >= 15 is 0 Å². The fourth-order valence-corrected chi connectivity index (χ4v) is 7.48. The predicted octanol–water partition coefficient (Wildman–Crippen LogP) is 2.97. The van der Waals surface area contributed by atoms with Crippen molar-refractivity contribution in [3.8, 4) is 0 Å². The van der Waals surface area contributed by atoms with Crippen molar-refractivity contribution in [3.63, 3.8) is 0 Å². The highest BCUT2D eigenvalue weighted by atomic mass is 16.3. The summed E-state index contributed by atoms with van der Waals surface area (Å²) in [6.45, 7) is 6.96. The van der Waals surface area contributed by atoms with E-state index in [0.717, 1.165) is 38.5 Å². The summed E-state index contributed by atoms with van der Waals surface area (Å²) < 4.78 is 0. The normalized spacial score (nSPS) is 62.3.